The Hall–Kier alpha value is -3.50. The second-order valence-electron chi connectivity index (χ2n) is 11.1. The molecule has 10 nitrogen and oxygen atoms in total. The molecule has 3 amide bonds. The number of rotatable bonds is 8. The standard InChI is InChI=1S/C29H39N5O5/c1-29(2,3)22-8-10-23(11-9-22)34(27(36)24-7-5-14-33(24)28(37)38)25(21-6-4-12-30-20-21)26(35)31-13-15-32-16-18-39-19-17-32/h4,6,8-12,20,24-25H,5,7,13-19H2,1-3H3,(H,31,35)(H,37,38)/t24-,25?/m1/s1. The molecule has 2 fully saturated rings. The summed E-state index contributed by atoms with van der Waals surface area (Å²) >= 11 is 0. The molecule has 0 spiro atoms. The van der Waals surface area contributed by atoms with Crippen molar-refractivity contribution in [2.24, 2.45) is 0 Å². The number of aromatic nitrogens is 1. The molecule has 0 radical (unpaired) electrons. The smallest absolute Gasteiger partial charge is 0.407 e. The van der Waals surface area contributed by atoms with Gasteiger partial charge in [0.2, 0.25) is 5.91 Å². The van der Waals surface area contributed by atoms with Gasteiger partial charge in [-0.05, 0) is 42.0 Å². The van der Waals surface area contributed by atoms with Crippen LogP contribution in [0.25, 0.3) is 0 Å². The zero-order valence-corrected chi connectivity index (χ0v) is 23.0. The van der Waals surface area contributed by atoms with Gasteiger partial charge in [0.15, 0.2) is 0 Å². The van der Waals surface area contributed by atoms with Gasteiger partial charge in [0.1, 0.15) is 12.1 Å². The van der Waals surface area contributed by atoms with Crippen LogP contribution in [0.15, 0.2) is 48.8 Å². The summed E-state index contributed by atoms with van der Waals surface area (Å²) in [4.78, 5) is 49.1. The molecule has 0 bridgehead atoms. The van der Waals surface area contributed by atoms with Crippen molar-refractivity contribution in [2.45, 2.75) is 51.1 Å². The van der Waals surface area contributed by atoms with E-state index in [0.29, 0.717) is 50.4 Å². The van der Waals surface area contributed by atoms with Crippen molar-refractivity contribution in [3.8, 4) is 0 Å². The maximum Gasteiger partial charge on any atom is 0.407 e. The zero-order valence-electron chi connectivity index (χ0n) is 23.0. The summed E-state index contributed by atoms with van der Waals surface area (Å²) in [6, 6.07) is 9.19. The highest BCUT2D eigenvalue weighted by molar-refractivity contribution is 6.04. The summed E-state index contributed by atoms with van der Waals surface area (Å²) in [6.07, 6.45) is 3.05. The first-order valence-electron chi connectivity index (χ1n) is 13.6. The Morgan fingerprint density at radius 3 is 2.46 bits per heavy atom. The fourth-order valence-electron chi connectivity index (χ4n) is 5.15. The van der Waals surface area contributed by atoms with Crippen molar-refractivity contribution in [3.63, 3.8) is 0 Å². The van der Waals surface area contributed by atoms with Crippen LogP contribution in [0, 0.1) is 0 Å². The summed E-state index contributed by atoms with van der Waals surface area (Å²) in [7, 11) is 0. The number of carbonyl (C=O) groups excluding carboxylic acids is 2. The van der Waals surface area contributed by atoms with Gasteiger partial charge in [-0.2, -0.15) is 0 Å². The molecule has 2 aliphatic heterocycles. The van der Waals surface area contributed by atoms with E-state index >= 15 is 0 Å². The molecule has 1 aromatic heterocycles. The molecule has 10 heteroatoms. The highest BCUT2D eigenvalue weighted by Gasteiger charge is 2.42. The molecular formula is C29H39N5O5. The van der Waals surface area contributed by atoms with E-state index in [1.54, 1.807) is 24.5 Å². The molecule has 39 heavy (non-hydrogen) atoms. The van der Waals surface area contributed by atoms with Gasteiger partial charge in [-0.3, -0.25) is 29.3 Å². The van der Waals surface area contributed by atoms with Gasteiger partial charge in [-0.1, -0.05) is 39.0 Å². The summed E-state index contributed by atoms with van der Waals surface area (Å²) in [5.74, 6) is -0.764. The molecule has 2 aromatic rings. The Morgan fingerprint density at radius 2 is 1.85 bits per heavy atom. The normalized spacial score (nSPS) is 18.9. The van der Waals surface area contributed by atoms with Crippen LogP contribution in [0.4, 0.5) is 10.5 Å². The molecule has 2 N–H and O–H groups in total. The molecular weight excluding hydrogens is 498 g/mol. The van der Waals surface area contributed by atoms with E-state index in [-0.39, 0.29) is 17.9 Å². The minimum Gasteiger partial charge on any atom is -0.465 e. The van der Waals surface area contributed by atoms with Crippen molar-refractivity contribution < 1.29 is 24.2 Å². The molecule has 1 aromatic carbocycles. The van der Waals surface area contributed by atoms with Gasteiger partial charge in [-0.25, -0.2) is 4.79 Å². The SMILES string of the molecule is CC(C)(C)c1ccc(N(C(=O)[C@H]2CCCN2C(=O)O)C(C(=O)NCCN2CCOCC2)c2cccnc2)cc1. The molecule has 3 heterocycles. The number of hydrogen-bond acceptors (Lipinski definition) is 6. The lowest BCUT2D eigenvalue weighted by molar-refractivity contribution is -0.128. The van der Waals surface area contributed by atoms with Crippen LogP contribution in [0.5, 0.6) is 0 Å². The summed E-state index contributed by atoms with van der Waals surface area (Å²) in [5, 5.41) is 12.8. The van der Waals surface area contributed by atoms with Crippen LogP contribution in [0.2, 0.25) is 0 Å². The zero-order chi connectivity index (χ0) is 28.0. The van der Waals surface area contributed by atoms with Crippen molar-refractivity contribution in [2.75, 3.05) is 50.8 Å². The van der Waals surface area contributed by atoms with E-state index in [1.165, 1.54) is 9.80 Å². The number of anilines is 1. The van der Waals surface area contributed by atoms with E-state index in [4.69, 9.17) is 4.74 Å². The van der Waals surface area contributed by atoms with Gasteiger partial charge in [0, 0.05) is 56.4 Å². The minimum atomic E-state index is -1.14. The minimum absolute atomic E-state index is 0.0987. The van der Waals surface area contributed by atoms with E-state index in [0.717, 1.165) is 18.7 Å². The third-order valence-corrected chi connectivity index (χ3v) is 7.37. The number of carbonyl (C=O) groups is 3. The molecule has 210 valence electrons. The number of hydrogen-bond donors (Lipinski definition) is 2. The van der Waals surface area contributed by atoms with Gasteiger partial charge in [0.25, 0.3) is 5.91 Å². The molecule has 0 saturated carbocycles. The van der Waals surface area contributed by atoms with Crippen molar-refractivity contribution in [3.05, 3.63) is 59.9 Å². The van der Waals surface area contributed by atoms with E-state index in [9.17, 15) is 19.5 Å². The van der Waals surface area contributed by atoms with Gasteiger partial charge >= 0.3 is 6.09 Å². The number of likely N-dealkylation sites (tertiary alicyclic amines) is 1. The number of carboxylic acid groups (broad SMARTS) is 1. The van der Waals surface area contributed by atoms with Gasteiger partial charge < -0.3 is 15.2 Å². The molecule has 2 aliphatic rings. The Balaban J connectivity index is 1.69. The Morgan fingerprint density at radius 1 is 1.13 bits per heavy atom. The van der Waals surface area contributed by atoms with Gasteiger partial charge in [0.05, 0.1) is 13.2 Å². The highest BCUT2D eigenvalue weighted by atomic mass is 16.5. The third-order valence-electron chi connectivity index (χ3n) is 7.37. The topological polar surface area (TPSA) is 115 Å². The first-order valence-corrected chi connectivity index (χ1v) is 13.6. The summed E-state index contributed by atoms with van der Waals surface area (Å²) in [5.41, 5.74) is 2.06. The number of benzene rings is 1. The van der Waals surface area contributed by atoms with Crippen LogP contribution < -0.4 is 10.2 Å². The van der Waals surface area contributed by atoms with Crippen LogP contribution in [-0.4, -0.2) is 89.8 Å². The predicted molar refractivity (Wildman–Crippen MR) is 148 cm³/mol. The number of morpholine rings is 1. The van der Waals surface area contributed by atoms with Crippen LogP contribution in [0.3, 0.4) is 0 Å². The van der Waals surface area contributed by atoms with Crippen LogP contribution in [-0.2, 0) is 19.7 Å². The number of pyridine rings is 1. The van der Waals surface area contributed by atoms with E-state index in [2.05, 4.69) is 36.0 Å². The van der Waals surface area contributed by atoms with Gasteiger partial charge in [-0.15, -0.1) is 0 Å². The second kappa shape index (κ2) is 12.6. The maximum atomic E-state index is 14.2. The fraction of sp³-hybridized carbons (Fsp3) is 0.517. The first-order chi connectivity index (χ1) is 18.7. The lowest BCUT2D eigenvalue weighted by Crippen LogP contribution is -2.52. The average Bonchev–Trinajstić information content (AvgIpc) is 3.43. The second-order valence-corrected chi connectivity index (χ2v) is 11.1. The fourth-order valence-corrected chi connectivity index (χ4v) is 5.15. The molecule has 2 atom stereocenters. The lowest BCUT2D eigenvalue weighted by Gasteiger charge is -2.35. The Labute approximate surface area is 229 Å². The Bertz CT molecular complexity index is 1130. The molecule has 1 unspecified atom stereocenters. The molecule has 2 saturated heterocycles. The van der Waals surface area contributed by atoms with Crippen molar-refractivity contribution in [1.82, 2.24) is 20.1 Å². The van der Waals surface area contributed by atoms with E-state index in [1.807, 2.05) is 24.3 Å². The summed E-state index contributed by atoms with van der Waals surface area (Å²) < 4.78 is 5.41. The average molecular weight is 538 g/mol. The third kappa shape index (κ3) is 6.93. The lowest BCUT2D eigenvalue weighted by atomic mass is 9.87. The largest absolute Gasteiger partial charge is 0.465 e. The first kappa shape index (κ1) is 28.5. The quantitative estimate of drug-likeness (QED) is 0.532. The predicted octanol–water partition coefficient (Wildman–Crippen LogP) is 3.04. The monoisotopic (exact) mass is 537 g/mol. The highest BCUT2D eigenvalue weighted by Crippen LogP contribution is 2.33. The van der Waals surface area contributed by atoms with E-state index < -0.39 is 24.1 Å². The van der Waals surface area contributed by atoms with Crippen molar-refractivity contribution in [1.29, 1.82) is 0 Å². The Kier molecular flexibility index (Phi) is 9.19. The van der Waals surface area contributed by atoms with Crippen LogP contribution >= 0.6 is 0 Å². The summed E-state index contributed by atoms with van der Waals surface area (Å²) in [6.45, 7) is 10.6. The number of nitrogens with one attached hydrogen (secondary N) is 1. The molecule has 0 aliphatic carbocycles. The van der Waals surface area contributed by atoms with Crippen molar-refractivity contribution >= 4 is 23.6 Å². The molecule has 4 rings (SSSR count). The van der Waals surface area contributed by atoms with Crippen LogP contribution in [0.1, 0.15) is 50.8 Å². The number of amides is 3. The number of nitrogens with zero attached hydrogens (tertiary/aromatic N) is 4. The number of ether oxygens (including phenoxy) is 1. The maximum absolute atomic E-state index is 14.2.